The first-order chi connectivity index (χ1) is 15.8. The van der Waals surface area contributed by atoms with Crippen LogP contribution in [-0.2, 0) is 14.8 Å². The number of amides is 1. The Kier molecular flexibility index (Phi) is 8.43. The molecule has 2 heterocycles. The van der Waals surface area contributed by atoms with E-state index in [1.54, 1.807) is 36.1 Å². The molecule has 2 fully saturated rings. The number of hydrogen-bond acceptors (Lipinski definition) is 6. The highest BCUT2D eigenvalue weighted by Gasteiger charge is 2.34. The Hall–Kier alpha value is -2.95. The summed E-state index contributed by atoms with van der Waals surface area (Å²) < 4.78 is 30.8. The van der Waals surface area contributed by atoms with Crippen molar-refractivity contribution in [1.82, 2.24) is 9.21 Å². The minimum Gasteiger partial charge on any atom is -0.443 e. The van der Waals surface area contributed by atoms with Gasteiger partial charge in [-0.2, -0.15) is 4.31 Å². The van der Waals surface area contributed by atoms with Crippen LogP contribution in [0, 0.1) is 5.41 Å². The van der Waals surface area contributed by atoms with Crippen molar-refractivity contribution in [3.05, 3.63) is 66.2 Å². The monoisotopic (exact) mass is 473 g/mol. The van der Waals surface area contributed by atoms with Crippen molar-refractivity contribution in [2.45, 2.75) is 13.0 Å². The zero-order chi connectivity index (χ0) is 23.8. The van der Waals surface area contributed by atoms with E-state index in [0.29, 0.717) is 50.5 Å². The quantitative estimate of drug-likeness (QED) is 0.489. The Bertz CT molecular complexity index is 996. The van der Waals surface area contributed by atoms with Gasteiger partial charge in [0.05, 0.1) is 12.3 Å². The number of amidine groups is 1. The smallest absolute Gasteiger partial charge is 0.414 e. The molecule has 1 atom stereocenters. The summed E-state index contributed by atoms with van der Waals surface area (Å²) >= 11 is 0. The number of sulfonamides is 1. The fourth-order valence-electron chi connectivity index (χ4n) is 3.69. The molecule has 9 nitrogen and oxygen atoms in total. The number of rotatable bonds is 6. The fourth-order valence-corrected chi connectivity index (χ4v) is 4.78. The van der Waals surface area contributed by atoms with Gasteiger partial charge in [-0.3, -0.25) is 15.2 Å². The molecule has 2 saturated heterocycles. The van der Waals surface area contributed by atoms with Crippen molar-refractivity contribution in [2.75, 3.05) is 49.9 Å². The second kappa shape index (κ2) is 11.3. The number of anilines is 1. The summed E-state index contributed by atoms with van der Waals surface area (Å²) in [4.78, 5) is 15.9. The normalized spacial score (nSPS) is 19.5. The first-order valence-electron chi connectivity index (χ1n) is 10.9. The summed E-state index contributed by atoms with van der Waals surface area (Å²) in [7, 11) is -3.15. The Balaban J connectivity index is 0.000000442. The van der Waals surface area contributed by atoms with Crippen LogP contribution >= 0.6 is 0 Å². The number of piperazine rings is 1. The van der Waals surface area contributed by atoms with Gasteiger partial charge < -0.3 is 10.5 Å². The van der Waals surface area contributed by atoms with Crippen molar-refractivity contribution >= 4 is 27.6 Å². The average molecular weight is 474 g/mol. The summed E-state index contributed by atoms with van der Waals surface area (Å²) in [5, 5.41) is 7.42. The molecule has 0 aliphatic carbocycles. The van der Waals surface area contributed by atoms with E-state index in [0.717, 1.165) is 0 Å². The lowest BCUT2D eigenvalue weighted by Gasteiger charge is -2.34. The molecule has 2 aliphatic rings. The summed E-state index contributed by atoms with van der Waals surface area (Å²) in [5.41, 5.74) is 6.75. The lowest BCUT2D eigenvalue weighted by Crippen LogP contribution is -2.51. The molecule has 0 aromatic heterocycles. The number of nitrogen functional groups attached to an aromatic ring is 1. The molecule has 4 rings (SSSR count). The third kappa shape index (κ3) is 6.77. The topological polar surface area (TPSA) is 120 Å². The number of nitrogens with two attached hydrogens (primary N) is 1. The zero-order valence-corrected chi connectivity index (χ0v) is 19.6. The van der Waals surface area contributed by atoms with Crippen molar-refractivity contribution < 1.29 is 17.9 Å². The largest absolute Gasteiger partial charge is 0.443 e. The van der Waals surface area contributed by atoms with Gasteiger partial charge in [0.25, 0.3) is 0 Å². The molecule has 1 unspecified atom stereocenters. The molecule has 33 heavy (non-hydrogen) atoms. The molecule has 2 aliphatic heterocycles. The summed E-state index contributed by atoms with van der Waals surface area (Å²) in [6.45, 7) is 4.85. The maximum atomic E-state index is 12.2. The SMILES string of the molecule is CCS(=O)(=O)N1CCN(CC2CN(c3ccc(C(=N)N)cc3)C(=O)O2)CC1.c1ccccc1. The molecule has 2 aromatic carbocycles. The highest BCUT2D eigenvalue weighted by molar-refractivity contribution is 7.89. The highest BCUT2D eigenvalue weighted by atomic mass is 32.2. The van der Waals surface area contributed by atoms with Gasteiger partial charge >= 0.3 is 6.09 Å². The number of carbonyl (C=O) groups is 1. The van der Waals surface area contributed by atoms with Crippen molar-refractivity contribution in [3.63, 3.8) is 0 Å². The average Bonchev–Trinajstić information content (AvgIpc) is 3.20. The van der Waals surface area contributed by atoms with E-state index in [4.69, 9.17) is 15.9 Å². The van der Waals surface area contributed by atoms with E-state index in [-0.39, 0.29) is 17.7 Å². The molecule has 10 heteroatoms. The number of benzene rings is 2. The molecule has 178 valence electrons. The Morgan fingerprint density at radius 3 is 2.06 bits per heavy atom. The third-order valence-corrected chi connectivity index (χ3v) is 7.46. The highest BCUT2D eigenvalue weighted by Crippen LogP contribution is 2.23. The minimum absolute atomic E-state index is 0.0207. The third-order valence-electron chi connectivity index (χ3n) is 5.58. The van der Waals surface area contributed by atoms with Crippen LogP contribution in [0.15, 0.2) is 60.7 Å². The Labute approximate surface area is 195 Å². The number of cyclic esters (lactones) is 1. The van der Waals surface area contributed by atoms with Crippen LogP contribution in [0.25, 0.3) is 0 Å². The standard InChI is InChI=1S/C17H25N5O4S.C6H6/c1-2-27(24,25)21-9-7-20(8-10-21)11-15-12-22(17(23)26-15)14-5-3-13(4-6-14)16(18)19;1-2-4-6-5-3-1/h3-6,15H,2,7-12H2,1H3,(H3,18,19);1-6H. The molecule has 0 spiro atoms. The van der Waals surface area contributed by atoms with Crippen LogP contribution < -0.4 is 10.6 Å². The van der Waals surface area contributed by atoms with Crippen LogP contribution in [0.4, 0.5) is 10.5 Å². The molecule has 2 aromatic rings. The first-order valence-corrected chi connectivity index (χ1v) is 12.5. The van der Waals surface area contributed by atoms with Gasteiger partial charge in [0, 0.05) is 44.0 Å². The van der Waals surface area contributed by atoms with E-state index >= 15 is 0 Å². The van der Waals surface area contributed by atoms with Crippen LogP contribution in [0.3, 0.4) is 0 Å². The summed E-state index contributed by atoms with van der Waals surface area (Å²) in [5.74, 6) is 0.0950. The van der Waals surface area contributed by atoms with Crippen LogP contribution in [0.5, 0.6) is 0 Å². The second-order valence-corrected chi connectivity index (χ2v) is 10.1. The number of hydrogen-bond donors (Lipinski definition) is 2. The van der Waals surface area contributed by atoms with Crippen LogP contribution in [-0.4, -0.2) is 80.7 Å². The van der Waals surface area contributed by atoms with Crippen molar-refractivity contribution in [3.8, 4) is 0 Å². The maximum Gasteiger partial charge on any atom is 0.414 e. The van der Waals surface area contributed by atoms with E-state index in [2.05, 4.69) is 4.90 Å². The molecule has 0 bridgehead atoms. The molecular weight excluding hydrogens is 442 g/mol. The van der Waals surface area contributed by atoms with Crippen molar-refractivity contribution in [2.24, 2.45) is 5.73 Å². The molecule has 0 saturated carbocycles. The van der Waals surface area contributed by atoms with E-state index in [9.17, 15) is 13.2 Å². The van der Waals surface area contributed by atoms with Gasteiger partial charge in [-0.05, 0) is 31.2 Å². The Morgan fingerprint density at radius 1 is 1.03 bits per heavy atom. The van der Waals surface area contributed by atoms with Crippen molar-refractivity contribution in [1.29, 1.82) is 5.41 Å². The number of carbonyl (C=O) groups excluding carboxylic acids is 1. The van der Waals surface area contributed by atoms with E-state index < -0.39 is 16.1 Å². The minimum atomic E-state index is -3.15. The lowest BCUT2D eigenvalue weighted by molar-refractivity contribution is 0.0938. The zero-order valence-electron chi connectivity index (χ0n) is 18.8. The molecule has 3 N–H and O–H groups in total. The van der Waals surface area contributed by atoms with Gasteiger partial charge in [0.1, 0.15) is 11.9 Å². The maximum absolute atomic E-state index is 12.2. The number of ether oxygens (including phenoxy) is 1. The predicted molar refractivity (Wildman–Crippen MR) is 129 cm³/mol. The number of nitrogens with zero attached hydrogens (tertiary/aromatic N) is 3. The summed E-state index contributed by atoms with van der Waals surface area (Å²) in [6.07, 6.45) is -0.665. The fraction of sp³-hybridized carbons (Fsp3) is 0.391. The van der Waals surface area contributed by atoms with Gasteiger partial charge in [0.2, 0.25) is 10.0 Å². The molecular formula is C23H31N5O4S. The first kappa shape index (κ1) is 24.7. The van der Waals surface area contributed by atoms with E-state index in [1.807, 2.05) is 36.4 Å². The van der Waals surface area contributed by atoms with Gasteiger partial charge in [-0.25, -0.2) is 13.2 Å². The van der Waals surface area contributed by atoms with Crippen LogP contribution in [0.2, 0.25) is 0 Å². The van der Waals surface area contributed by atoms with Gasteiger partial charge in [-0.15, -0.1) is 0 Å². The lowest BCUT2D eigenvalue weighted by atomic mass is 10.2. The van der Waals surface area contributed by atoms with Crippen LogP contribution in [0.1, 0.15) is 12.5 Å². The predicted octanol–water partition coefficient (Wildman–Crippen LogP) is 1.95. The van der Waals surface area contributed by atoms with Gasteiger partial charge in [-0.1, -0.05) is 36.4 Å². The molecule has 0 radical (unpaired) electrons. The van der Waals surface area contributed by atoms with E-state index in [1.165, 1.54) is 4.31 Å². The molecule has 1 amide bonds. The Morgan fingerprint density at radius 2 is 1.58 bits per heavy atom. The second-order valence-electron chi connectivity index (χ2n) is 7.83. The summed E-state index contributed by atoms with van der Waals surface area (Å²) in [6, 6.07) is 18.9. The van der Waals surface area contributed by atoms with Gasteiger partial charge in [0.15, 0.2) is 0 Å². The number of nitrogens with one attached hydrogen (secondary N) is 1.